The van der Waals surface area contributed by atoms with Crippen LogP contribution < -0.4 is 4.31 Å². The topological polar surface area (TPSA) is 85.7 Å². The smallest absolute Gasteiger partial charge is 0.340 e. The first kappa shape index (κ1) is 19.9. The third-order valence-electron chi connectivity index (χ3n) is 4.38. The fourth-order valence-electron chi connectivity index (χ4n) is 2.81. The summed E-state index contributed by atoms with van der Waals surface area (Å²) in [7, 11) is -0.866. The number of methoxy groups -OCH3 is 1. The first-order valence-electron chi connectivity index (χ1n) is 8.11. The van der Waals surface area contributed by atoms with E-state index in [1.807, 2.05) is 0 Å². The number of fused-ring (bicyclic) bond motifs is 1. The summed E-state index contributed by atoms with van der Waals surface area (Å²) < 4.78 is 30.8. The number of benzene rings is 2. The zero-order valence-electron chi connectivity index (χ0n) is 15.3. The number of rotatable bonds is 4. The molecular formula is C19H17ClN2O5S. The molecule has 28 heavy (non-hydrogen) atoms. The number of halogens is 1. The normalized spacial score (nSPS) is 11.4. The second kappa shape index (κ2) is 7.29. The number of esters is 1. The number of carbonyl (C=O) groups is 2. The Kier molecular flexibility index (Phi) is 5.18. The average Bonchev–Trinajstić information content (AvgIpc) is 3.05. The van der Waals surface area contributed by atoms with Gasteiger partial charge in [-0.1, -0.05) is 29.8 Å². The maximum atomic E-state index is 13.2. The highest BCUT2D eigenvalue weighted by Gasteiger charge is 2.22. The van der Waals surface area contributed by atoms with Gasteiger partial charge in [0, 0.05) is 18.6 Å². The van der Waals surface area contributed by atoms with Crippen LogP contribution in [0, 0.1) is 0 Å². The van der Waals surface area contributed by atoms with Gasteiger partial charge in [0.1, 0.15) is 0 Å². The van der Waals surface area contributed by atoms with Crippen LogP contribution in [0.15, 0.2) is 48.7 Å². The van der Waals surface area contributed by atoms with Crippen LogP contribution in [0.5, 0.6) is 0 Å². The molecular weight excluding hydrogens is 404 g/mol. The lowest BCUT2D eigenvalue weighted by Crippen LogP contribution is -2.25. The van der Waals surface area contributed by atoms with Crippen LogP contribution in [-0.2, 0) is 14.8 Å². The zero-order chi connectivity index (χ0) is 20.6. The molecule has 9 heteroatoms. The fraction of sp³-hybridized carbons (Fsp3) is 0.158. The molecule has 0 saturated carbocycles. The summed E-state index contributed by atoms with van der Waals surface area (Å²) in [5.41, 5.74) is 1.14. The average molecular weight is 421 g/mol. The van der Waals surface area contributed by atoms with Gasteiger partial charge in [0.15, 0.2) is 0 Å². The highest BCUT2D eigenvalue weighted by molar-refractivity contribution is 7.92. The van der Waals surface area contributed by atoms with E-state index in [2.05, 4.69) is 0 Å². The van der Waals surface area contributed by atoms with Gasteiger partial charge in [-0.15, -0.1) is 0 Å². The molecule has 0 atom stereocenters. The summed E-state index contributed by atoms with van der Waals surface area (Å²) in [4.78, 5) is 25.3. The lowest BCUT2D eigenvalue weighted by Gasteiger charge is -2.18. The predicted molar refractivity (Wildman–Crippen MR) is 108 cm³/mol. The Morgan fingerprint density at radius 1 is 1.11 bits per heavy atom. The maximum absolute atomic E-state index is 13.2. The highest BCUT2D eigenvalue weighted by atomic mass is 35.5. The summed E-state index contributed by atoms with van der Waals surface area (Å²) >= 11 is 6.21. The standard InChI is InChI=1S/C19H17ClN2O5S/c1-21(28(3,25)26)12-8-9-16(20)14(10-12)18(23)22-11-15(19(24)27-2)13-6-4-5-7-17(13)22/h4-11H,1-3H3. The van der Waals surface area contributed by atoms with Crippen molar-refractivity contribution >= 4 is 50.1 Å². The SMILES string of the molecule is COC(=O)c1cn(C(=O)c2cc(N(C)S(C)(=O)=O)ccc2Cl)c2ccccc12. The highest BCUT2D eigenvalue weighted by Crippen LogP contribution is 2.28. The number of ether oxygens (including phenoxy) is 1. The molecule has 3 aromatic rings. The molecule has 3 rings (SSSR count). The molecule has 0 saturated heterocycles. The Labute approximate surface area is 167 Å². The number of hydrogen-bond acceptors (Lipinski definition) is 5. The number of carbonyl (C=O) groups excluding carboxylic acids is 2. The Balaban J connectivity index is 2.17. The van der Waals surface area contributed by atoms with Crippen molar-refractivity contribution in [2.24, 2.45) is 0 Å². The van der Waals surface area contributed by atoms with Gasteiger partial charge in [-0.2, -0.15) is 0 Å². The van der Waals surface area contributed by atoms with E-state index in [0.717, 1.165) is 10.6 Å². The third-order valence-corrected chi connectivity index (χ3v) is 5.91. The van der Waals surface area contributed by atoms with Crippen molar-refractivity contribution < 1.29 is 22.7 Å². The minimum absolute atomic E-state index is 0.104. The largest absolute Gasteiger partial charge is 0.465 e. The van der Waals surface area contributed by atoms with E-state index in [-0.39, 0.29) is 16.1 Å². The molecule has 1 heterocycles. The van der Waals surface area contributed by atoms with E-state index in [9.17, 15) is 18.0 Å². The molecule has 0 radical (unpaired) electrons. The van der Waals surface area contributed by atoms with Crippen LogP contribution >= 0.6 is 11.6 Å². The van der Waals surface area contributed by atoms with Crippen molar-refractivity contribution in [2.45, 2.75) is 0 Å². The van der Waals surface area contributed by atoms with Crippen LogP contribution in [0.4, 0.5) is 5.69 Å². The third kappa shape index (κ3) is 3.48. The maximum Gasteiger partial charge on any atom is 0.340 e. The molecule has 0 aliphatic rings. The van der Waals surface area contributed by atoms with Crippen LogP contribution in [0.1, 0.15) is 20.7 Å². The van der Waals surface area contributed by atoms with Crippen molar-refractivity contribution in [3.63, 3.8) is 0 Å². The molecule has 0 bridgehead atoms. The van der Waals surface area contributed by atoms with Crippen LogP contribution in [0.2, 0.25) is 5.02 Å². The van der Waals surface area contributed by atoms with Gasteiger partial charge in [-0.05, 0) is 24.3 Å². The molecule has 7 nitrogen and oxygen atoms in total. The first-order valence-corrected chi connectivity index (χ1v) is 10.3. The lowest BCUT2D eigenvalue weighted by atomic mass is 10.1. The Bertz CT molecular complexity index is 1200. The van der Waals surface area contributed by atoms with E-state index >= 15 is 0 Å². The van der Waals surface area contributed by atoms with Gasteiger partial charge in [-0.3, -0.25) is 13.7 Å². The minimum atomic E-state index is -3.51. The molecule has 146 valence electrons. The van der Waals surface area contributed by atoms with Gasteiger partial charge < -0.3 is 4.74 Å². The Morgan fingerprint density at radius 3 is 2.43 bits per heavy atom. The second-order valence-corrected chi connectivity index (χ2v) is 8.54. The van der Waals surface area contributed by atoms with Crippen LogP contribution in [0.3, 0.4) is 0 Å². The molecule has 0 aliphatic carbocycles. The van der Waals surface area contributed by atoms with Gasteiger partial charge >= 0.3 is 5.97 Å². The summed E-state index contributed by atoms with van der Waals surface area (Å²) in [6.07, 6.45) is 2.45. The number of para-hydroxylation sites is 1. The van der Waals surface area contributed by atoms with Gasteiger partial charge in [0.25, 0.3) is 5.91 Å². The zero-order valence-corrected chi connectivity index (χ0v) is 16.9. The summed E-state index contributed by atoms with van der Waals surface area (Å²) in [6, 6.07) is 11.3. The van der Waals surface area contributed by atoms with Crippen LogP contribution in [0.25, 0.3) is 10.9 Å². The monoisotopic (exact) mass is 420 g/mol. The molecule has 0 amide bonds. The van der Waals surface area contributed by atoms with Crippen molar-refractivity contribution in [1.29, 1.82) is 0 Å². The fourth-order valence-corrected chi connectivity index (χ4v) is 3.51. The van der Waals surface area contributed by atoms with Gasteiger partial charge in [0.2, 0.25) is 10.0 Å². The van der Waals surface area contributed by atoms with E-state index in [4.69, 9.17) is 16.3 Å². The quantitative estimate of drug-likeness (QED) is 0.605. The van der Waals surface area contributed by atoms with E-state index in [1.165, 1.54) is 43.1 Å². The summed E-state index contributed by atoms with van der Waals surface area (Å²) in [5.74, 6) is -1.07. The van der Waals surface area contributed by atoms with Crippen molar-refractivity contribution in [2.75, 3.05) is 24.7 Å². The predicted octanol–water partition coefficient (Wildman–Crippen LogP) is 3.17. The van der Waals surface area contributed by atoms with E-state index in [0.29, 0.717) is 16.6 Å². The minimum Gasteiger partial charge on any atom is -0.465 e. The molecule has 0 unspecified atom stereocenters. The lowest BCUT2D eigenvalue weighted by molar-refractivity contribution is 0.0603. The summed E-state index contributed by atoms with van der Waals surface area (Å²) in [5, 5.41) is 0.719. The van der Waals surface area contributed by atoms with E-state index < -0.39 is 21.9 Å². The van der Waals surface area contributed by atoms with E-state index in [1.54, 1.807) is 24.3 Å². The number of hydrogen-bond donors (Lipinski definition) is 0. The number of sulfonamides is 1. The number of anilines is 1. The number of nitrogens with zero attached hydrogens (tertiary/aromatic N) is 2. The molecule has 0 fully saturated rings. The van der Waals surface area contributed by atoms with Crippen molar-refractivity contribution in [3.05, 3.63) is 64.8 Å². The Morgan fingerprint density at radius 2 is 1.79 bits per heavy atom. The number of aromatic nitrogens is 1. The van der Waals surface area contributed by atoms with Crippen molar-refractivity contribution in [3.8, 4) is 0 Å². The van der Waals surface area contributed by atoms with Crippen molar-refractivity contribution in [1.82, 2.24) is 4.57 Å². The van der Waals surface area contributed by atoms with Gasteiger partial charge in [0.05, 0.1) is 40.7 Å². The molecule has 2 aromatic carbocycles. The second-order valence-electron chi connectivity index (χ2n) is 6.12. The molecule has 1 aromatic heterocycles. The summed E-state index contributed by atoms with van der Waals surface area (Å²) in [6.45, 7) is 0. The van der Waals surface area contributed by atoms with Gasteiger partial charge in [-0.25, -0.2) is 13.2 Å². The molecule has 0 aliphatic heterocycles. The molecule has 0 N–H and O–H groups in total. The Hall–Kier alpha value is -2.84. The first-order chi connectivity index (χ1) is 13.1. The molecule has 0 spiro atoms. The van der Waals surface area contributed by atoms with Crippen LogP contribution in [-0.4, -0.2) is 45.3 Å².